The second-order valence-electron chi connectivity index (χ2n) is 5.42. The van der Waals surface area contributed by atoms with Gasteiger partial charge in [-0.05, 0) is 44.7 Å². The molecule has 0 aromatic heterocycles. The van der Waals surface area contributed by atoms with Gasteiger partial charge in [0, 0.05) is 6.42 Å². The van der Waals surface area contributed by atoms with Crippen LogP contribution in [0, 0.1) is 5.92 Å². The van der Waals surface area contributed by atoms with Gasteiger partial charge in [-0.25, -0.2) is 0 Å². The Labute approximate surface area is 103 Å². The molecule has 98 valence electrons. The quantitative estimate of drug-likeness (QED) is 0.681. The Hall–Kier alpha value is -0.610. The fourth-order valence-electron chi connectivity index (χ4n) is 2.85. The molecule has 1 saturated carbocycles. The van der Waals surface area contributed by atoms with Gasteiger partial charge in [-0.3, -0.25) is 4.79 Å². The molecule has 0 bridgehead atoms. The number of aliphatic hydroxyl groups is 1. The summed E-state index contributed by atoms with van der Waals surface area (Å²) in [5.41, 5.74) is 0. The highest BCUT2D eigenvalue weighted by molar-refractivity contribution is 5.76. The van der Waals surface area contributed by atoms with Gasteiger partial charge in [-0.2, -0.15) is 0 Å². The molecule has 0 aromatic rings. The summed E-state index contributed by atoms with van der Waals surface area (Å²) < 4.78 is 0. The maximum atomic E-state index is 11.8. The standard InChI is InChI=1S/C13H24N2O2/c16-12-4-2-1-3-11(12)15-13(17)6-5-10-7-8-14-9-10/h10-12,14,16H,1-9H2,(H,15,17)/t10?,11-,12-/m0/s1. The molecule has 1 amide bonds. The van der Waals surface area contributed by atoms with Crippen molar-refractivity contribution in [2.45, 2.75) is 57.1 Å². The summed E-state index contributed by atoms with van der Waals surface area (Å²) in [5.74, 6) is 0.778. The molecule has 4 nitrogen and oxygen atoms in total. The monoisotopic (exact) mass is 240 g/mol. The van der Waals surface area contributed by atoms with Crippen LogP contribution >= 0.6 is 0 Å². The van der Waals surface area contributed by atoms with Crippen LogP contribution in [-0.4, -0.2) is 36.2 Å². The van der Waals surface area contributed by atoms with Crippen LogP contribution in [0.5, 0.6) is 0 Å². The molecule has 17 heavy (non-hydrogen) atoms. The highest BCUT2D eigenvalue weighted by atomic mass is 16.3. The minimum absolute atomic E-state index is 0.00190. The third kappa shape index (κ3) is 3.96. The van der Waals surface area contributed by atoms with Crippen LogP contribution in [0.3, 0.4) is 0 Å². The first-order valence-corrected chi connectivity index (χ1v) is 6.94. The molecule has 1 unspecified atom stereocenters. The van der Waals surface area contributed by atoms with Crippen molar-refractivity contribution in [2.24, 2.45) is 5.92 Å². The minimum Gasteiger partial charge on any atom is -0.391 e. The molecule has 1 heterocycles. The van der Waals surface area contributed by atoms with E-state index < -0.39 is 0 Å². The summed E-state index contributed by atoms with van der Waals surface area (Å²) in [6.45, 7) is 2.15. The zero-order chi connectivity index (χ0) is 12.1. The van der Waals surface area contributed by atoms with Crippen LogP contribution in [0.2, 0.25) is 0 Å². The van der Waals surface area contributed by atoms with E-state index in [9.17, 15) is 9.90 Å². The van der Waals surface area contributed by atoms with Gasteiger partial charge in [0.2, 0.25) is 5.91 Å². The molecule has 3 N–H and O–H groups in total. The van der Waals surface area contributed by atoms with Gasteiger partial charge in [-0.15, -0.1) is 0 Å². The van der Waals surface area contributed by atoms with Crippen molar-refractivity contribution in [1.29, 1.82) is 0 Å². The van der Waals surface area contributed by atoms with E-state index in [1.807, 2.05) is 0 Å². The van der Waals surface area contributed by atoms with E-state index in [1.165, 1.54) is 6.42 Å². The van der Waals surface area contributed by atoms with Crippen LogP contribution in [0.4, 0.5) is 0 Å². The van der Waals surface area contributed by atoms with Crippen LogP contribution in [0.1, 0.15) is 44.9 Å². The van der Waals surface area contributed by atoms with Crippen molar-refractivity contribution in [3.63, 3.8) is 0 Å². The number of carbonyl (C=O) groups excluding carboxylic acids is 1. The molecule has 2 aliphatic rings. The van der Waals surface area contributed by atoms with E-state index in [2.05, 4.69) is 10.6 Å². The van der Waals surface area contributed by atoms with E-state index in [1.54, 1.807) is 0 Å². The predicted molar refractivity (Wildman–Crippen MR) is 66.6 cm³/mol. The van der Waals surface area contributed by atoms with Crippen molar-refractivity contribution in [2.75, 3.05) is 13.1 Å². The van der Waals surface area contributed by atoms with E-state index in [0.29, 0.717) is 12.3 Å². The van der Waals surface area contributed by atoms with Crippen molar-refractivity contribution in [1.82, 2.24) is 10.6 Å². The molecule has 1 aliphatic carbocycles. The smallest absolute Gasteiger partial charge is 0.220 e. The number of aliphatic hydroxyl groups excluding tert-OH is 1. The topological polar surface area (TPSA) is 61.4 Å². The van der Waals surface area contributed by atoms with Crippen LogP contribution < -0.4 is 10.6 Å². The fraction of sp³-hybridized carbons (Fsp3) is 0.923. The highest BCUT2D eigenvalue weighted by Crippen LogP contribution is 2.19. The van der Waals surface area contributed by atoms with Gasteiger partial charge in [0.25, 0.3) is 0 Å². The molecule has 1 saturated heterocycles. The van der Waals surface area contributed by atoms with E-state index in [0.717, 1.165) is 45.2 Å². The molecule has 0 aromatic carbocycles. The Morgan fingerprint density at radius 3 is 2.82 bits per heavy atom. The Morgan fingerprint density at radius 1 is 1.29 bits per heavy atom. The average Bonchev–Trinajstić information content (AvgIpc) is 2.82. The molecule has 1 aliphatic heterocycles. The van der Waals surface area contributed by atoms with Gasteiger partial charge < -0.3 is 15.7 Å². The van der Waals surface area contributed by atoms with Crippen molar-refractivity contribution in [3.8, 4) is 0 Å². The van der Waals surface area contributed by atoms with Crippen LogP contribution in [-0.2, 0) is 4.79 Å². The zero-order valence-electron chi connectivity index (χ0n) is 10.5. The molecule has 4 heteroatoms. The minimum atomic E-state index is -0.333. The van der Waals surface area contributed by atoms with Crippen molar-refractivity contribution in [3.05, 3.63) is 0 Å². The van der Waals surface area contributed by atoms with Gasteiger partial charge in [0.05, 0.1) is 12.1 Å². The second kappa shape index (κ2) is 6.36. The Kier molecular flexibility index (Phi) is 4.80. The second-order valence-corrected chi connectivity index (χ2v) is 5.42. The van der Waals surface area contributed by atoms with Gasteiger partial charge in [-0.1, -0.05) is 12.8 Å². The van der Waals surface area contributed by atoms with Crippen LogP contribution in [0.25, 0.3) is 0 Å². The summed E-state index contributed by atoms with van der Waals surface area (Å²) >= 11 is 0. The lowest BCUT2D eigenvalue weighted by atomic mass is 9.92. The lowest BCUT2D eigenvalue weighted by molar-refractivity contribution is -0.123. The highest BCUT2D eigenvalue weighted by Gasteiger charge is 2.24. The third-order valence-corrected chi connectivity index (χ3v) is 4.02. The zero-order valence-corrected chi connectivity index (χ0v) is 10.5. The molecular weight excluding hydrogens is 216 g/mol. The first-order valence-electron chi connectivity index (χ1n) is 6.94. The van der Waals surface area contributed by atoms with Gasteiger partial charge in [0.1, 0.15) is 0 Å². The summed E-state index contributed by atoms with van der Waals surface area (Å²) in [7, 11) is 0. The largest absolute Gasteiger partial charge is 0.391 e. The summed E-state index contributed by atoms with van der Waals surface area (Å²) in [6.07, 6.45) is 6.41. The normalized spacial score (nSPS) is 33.6. The number of carbonyl (C=O) groups is 1. The summed E-state index contributed by atoms with van der Waals surface area (Å²) in [5, 5.41) is 16.1. The van der Waals surface area contributed by atoms with Crippen molar-refractivity contribution >= 4 is 5.91 Å². The number of nitrogens with one attached hydrogen (secondary N) is 2. The summed E-state index contributed by atoms with van der Waals surface area (Å²) in [4.78, 5) is 11.8. The van der Waals surface area contributed by atoms with E-state index >= 15 is 0 Å². The first-order chi connectivity index (χ1) is 8.25. The number of hydrogen-bond acceptors (Lipinski definition) is 3. The van der Waals surface area contributed by atoms with Crippen molar-refractivity contribution < 1.29 is 9.90 Å². The number of amides is 1. The third-order valence-electron chi connectivity index (χ3n) is 4.02. The maximum absolute atomic E-state index is 11.8. The SMILES string of the molecule is O=C(CCC1CCNC1)N[C@H]1CCCC[C@@H]1O. The van der Waals surface area contributed by atoms with E-state index in [-0.39, 0.29) is 18.1 Å². The summed E-state index contributed by atoms with van der Waals surface area (Å²) in [6, 6.07) is -0.00190. The number of rotatable bonds is 4. The first kappa shape index (κ1) is 12.8. The predicted octanol–water partition coefficient (Wildman–Crippen LogP) is 0.796. The average molecular weight is 240 g/mol. The Bertz CT molecular complexity index is 252. The lowest BCUT2D eigenvalue weighted by Crippen LogP contribution is -2.45. The van der Waals surface area contributed by atoms with Gasteiger partial charge >= 0.3 is 0 Å². The Morgan fingerprint density at radius 2 is 2.12 bits per heavy atom. The molecule has 3 atom stereocenters. The lowest BCUT2D eigenvalue weighted by Gasteiger charge is -2.28. The molecule has 2 fully saturated rings. The fourth-order valence-corrected chi connectivity index (χ4v) is 2.85. The maximum Gasteiger partial charge on any atom is 0.220 e. The van der Waals surface area contributed by atoms with Crippen LogP contribution in [0.15, 0.2) is 0 Å². The van der Waals surface area contributed by atoms with Gasteiger partial charge in [0.15, 0.2) is 0 Å². The Balaban J connectivity index is 1.65. The molecule has 0 radical (unpaired) electrons. The molecule has 2 rings (SSSR count). The number of hydrogen-bond donors (Lipinski definition) is 3. The molecular formula is C13H24N2O2. The van der Waals surface area contributed by atoms with E-state index in [4.69, 9.17) is 0 Å². The molecule has 0 spiro atoms.